The molecule has 214 valence electrons. The molecule has 4 rings (SSSR count). The van der Waals surface area contributed by atoms with Crippen molar-refractivity contribution in [2.75, 3.05) is 6.61 Å². The maximum Gasteiger partial charge on any atom is 0.523 e. The third-order valence-corrected chi connectivity index (χ3v) is 7.13. The highest BCUT2D eigenvalue weighted by Crippen LogP contribution is 2.30. The lowest BCUT2D eigenvalue weighted by molar-refractivity contribution is -0.177. The quantitative estimate of drug-likeness (QED) is 0.255. The fourth-order valence-electron chi connectivity index (χ4n) is 4.13. The maximum absolute atomic E-state index is 13.2. The van der Waals surface area contributed by atoms with Crippen molar-refractivity contribution in [1.29, 1.82) is 0 Å². The molecule has 0 spiro atoms. The molecule has 0 aromatic heterocycles. The van der Waals surface area contributed by atoms with E-state index in [1.165, 1.54) is 0 Å². The van der Waals surface area contributed by atoms with Crippen molar-refractivity contribution in [1.82, 2.24) is 5.32 Å². The summed E-state index contributed by atoms with van der Waals surface area (Å²) >= 11 is 0. The van der Waals surface area contributed by atoms with Crippen molar-refractivity contribution in [3.63, 3.8) is 0 Å². The van der Waals surface area contributed by atoms with Gasteiger partial charge in [0.15, 0.2) is 6.10 Å². The van der Waals surface area contributed by atoms with Crippen LogP contribution in [-0.4, -0.2) is 50.8 Å². The SMILES string of the molecule is O=C1N[C@H](COCc2ccccc2)[C@@H](OCc2ccccc2)[C@H](OCc2ccccc2)[C@H]1OS(=O)(=O)C(F)(F)F. The standard InChI is InChI=1S/C28H28F3NO7S/c29-28(30,31)40(34,35)39-26-25(38-18-22-14-8-3-9-15-22)24(37-17-21-12-6-2-7-13-21)23(32-27(26)33)19-36-16-20-10-4-1-5-11-20/h1-15,23-26H,16-19H2,(H,32,33)/t23-,24-,25+,26-/m1/s1. The summed E-state index contributed by atoms with van der Waals surface area (Å²) in [6, 6.07) is 25.9. The first kappa shape index (κ1) is 29.7. The summed E-state index contributed by atoms with van der Waals surface area (Å²) in [7, 11) is -6.13. The Hall–Kier alpha value is -3.29. The molecular formula is C28H28F3NO7S. The average molecular weight is 580 g/mol. The molecule has 3 aromatic rings. The van der Waals surface area contributed by atoms with Crippen LogP contribution in [0, 0.1) is 0 Å². The maximum atomic E-state index is 13.2. The first-order valence-corrected chi connectivity index (χ1v) is 13.8. The number of hydrogen-bond donors (Lipinski definition) is 1. The van der Waals surface area contributed by atoms with Crippen LogP contribution in [0.3, 0.4) is 0 Å². The molecule has 0 unspecified atom stereocenters. The highest BCUT2D eigenvalue weighted by molar-refractivity contribution is 7.87. The fourth-order valence-corrected chi connectivity index (χ4v) is 4.71. The highest BCUT2D eigenvalue weighted by Gasteiger charge is 2.54. The van der Waals surface area contributed by atoms with E-state index >= 15 is 0 Å². The van der Waals surface area contributed by atoms with Gasteiger partial charge in [-0.3, -0.25) is 4.79 Å². The van der Waals surface area contributed by atoms with Gasteiger partial charge in [0, 0.05) is 0 Å². The molecule has 1 saturated heterocycles. The fraction of sp³-hybridized carbons (Fsp3) is 0.321. The topological polar surface area (TPSA) is 100 Å². The van der Waals surface area contributed by atoms with Gasteiger partial charge in [-0.05, 0) is 16.7 Å². The molecule has 1 aliphatic heterocycles. The first-order chi connectivity index (χ1) is 19.1. The van der Waals surface area contributed by atoms with E-state index in [0.717, 1.165) is 11.1 Å². The second kappa shape index (κ2) is 13.4. The number of benzene rings is 3. The van der Waals surface area contributed by atoms with Crippen LogP contribution in [0.4, 0.5) is 13.2 Å². The van der Waals surface area contributed by atoms with E-state index in [1.807, 2.05) is 36.4 Å². The molecule has 1 fully saturated rings. The van der Waals surface area contributed by atoms with Crippen LogP contribution in [0.5, 0.6) is 0 Å². The van der Waals surface area contributed by atoms with Gasteiger partial charge in [0.1, 0.15) is 12.2 Å². The van der Waals surface area contributed by atoms with Crippen molar-refractivity contribution >= 4 is 16.0 Å². The molecule has 0 aliphatic carbocycles. The van der Waals surface area contributed by atoms with Crippen LogP contribution in [0.2, 0.25) is 0 Å². The molecule has 0 radical (unpaired) electrons. The van der Waals surface area contributed by atoms with Crippen LogP contribution < -0.4 is 5.32 Å². The zero-order valence-electron chi connectivity index (χ0n) is 21.2. The number of nitrogens with one attached hydrogen (secondary N) is 1. The summed E-state index contributed by atoms with van der Waals surface area (Å²) in [4.78, 5) is 13.0. The predicted octanol–water partition coefficient (Wildman–Crippen LogP) is 4.11. The number of ether oxygens (including phenoxy) is 3. The summed E-state index contributed by atoms with van der Waals surface area (Å²) in [6.45, 7) is -0.0471. The number of carbonyl (C=O) groups is 1. The minimum Gasteiger partial charge on any atom is -0.375 e. The Bertz CT molecular complexity index is 1330. The van der Waals surface area contributed by atoms with Crippen LogP contribution >= 0.6 is 0 Å². The Balaban J connectivity index is 1.61. The molecule has 3 aromatic carbocycles. The summed E-state index contributed by atoms with van der Waals surface area (Å²) in [5.74, 6) is -1.10. The largest absolute Gasteiger partial charge is 0.523 e. The van der Waals surface area contributed by atoms with Gasteiger partial charge in [0.25, 0.3) is 5.91 Å². The zero-order valence-corrected chi connectivity index (χ0v) is 22.0. The lowest BCUT2D eigenvalue weighted by Crippen LogP contribution is -2.66. The summed E-state index contributed by atoms with van der Waals surface area (Å²) < 4.78 is 85.8. The monoisotopic (exact) mass is 579 g/mol. The second-order valence-corrected chi connectivity index (χ2v) is 10.6. The van der Waals surface area contributed by atoms with E-state index in [9.17, 15) is 26.4 Å². The van der Waals surface area contributed by atoms with Gasteiger partial charge in [-0.25, -0.2) is 4.18 Å². The number of amides is 1. The molecule has 1 heterocycles. The van der Waals surface area contributed by atoms with Crippen molar-refractivity contribution in [2.24, 2.45) is 0 Å². The molecular weight excluding hydrogens is 551 g/mol. The number of carbonyl (C=O) groups excluding carboxylic acids is 1. The van der Waals surface area contributed by atoms with Crippen molar-refractivity contribution in [3.05, 3.63) is 108 Å². The molecule has 8 nitrogen and oxygen atoms in total. The van der Waals surface area contributed by atoms with Crippen molar-refractivity contribution < 1.29 is 44.8 Å². The summed E-state index contributed by atoms with van der Waals surface area (Å²) in [5.41, 5.74) is -3.50. The molecule has 0 saturated carbocycles. The van der Waals surface area contributed by atoms with Gasteiger partial charge in [0.05, 0.1) is 32.5 Å². The average Bonchev–Trinajstić information content (AvgIpc) is 2.94. The Morgan fingerprint density at radius 1 is 0.700 bits per heavy atom. The zero-order chi connectivity index (χ0) is 28.6. The van der Waals surface area contributed by atoms with Gasteiger partial charge in [0.2, 0.25) is 0 Å². The lowest BCUT2D eigenvalue weighted by atomic mass is 9.95. The van der Waals surface area contributed by atoms with E-state index in [1.54, 1.807) is 54.6 Å². The van der Waals surface area contributed by atoms with E-state index in [0.29, 0.717) is 5.56 Å². The smallest absolute Gasteiger partial charge is 0.375 e. The van der Waals surface area contributed by atoms with Crippen LogP contribution in [0.1, 0.15) is 16.7 Å². The Labute approximate surface area is 230 Å². The number of piperidine rings is 1. The number of alkyl halides is 3. The van der Waals surface area contributed by atoms with Crippen molar-refractivity contribution in [3.8, 4) is 0 Å². The van der Waals surface area contributed by atoms with E-state index in [2.05, 4.69) is 9.50 Å². The van der Waals surface area contributed by atoms with E-state index in [4.69, 9.17) is 14.2 Å². The summed E-state index contributed by atoms with van der Waals surface area (Å²) in [5, 5.41) is 2.52. The minimum atomic E-state index is -6.13. The van der Waals surface area contributed by atoms with Crippen molar-refractivity contribution in [2.45, 2.75) is 49.7 Å². The molecule has 4 atom stereocenters. The molecule has 40 heavy (non-hydrogen) atoms. The Kier molecular flexibility index (Phi) is 9.93. The number of rotatable bonds is 12. The van der Waals surface area contributed by atoms with Gasteiger partial charge in [-0.15, -0.1) is 0 Å². The summed E-state index contributed by atoms with van der Waals surface area (Å²) in [6.07, 6.45) is -4.83. The lowest BCUT2D eigenvalue weighted by Gasteiger charge is -2.41. The van der Waals surface area contributed by atoms with E-state index < -0.39 is 45.9 Å². The number of hydrogen-bond acceptors (Lipinski definition) is 7. The minimum absolute atomic E-state index is 0.000496. The third-order valence-electron chi connectivity index (χ3n) is 6.10. The Morgan fingerprint density at radius 2 is 1.15 bits per heavy atom. The molecule has 1 N–H and O–H groups in total. The van der Waals surface area contributed by atoms with Crippen LogP contribution in [0.25, 0.3) is 0 Å². The molecule has 1 amide bonds. The van der Waals surface area contributed by atoms with Gasteiger partial charge >= 0.3 is 15.6 Å². The van der Waals surface area contributed by atoms with Crippen LogP contribution in [0.15, 0.2) is 91.0 Å². The molecule has 0 bridgehead atoms. The Morgan fingerprint density at radius 3 is 1.62 bits per heavy atom. The van der Waals surface area contributed by atoms with Gasteiger partial charge in [-0.1, -0.05) is 91.0 Å². The van der Waals surface area contributed by atoms with Gasteiger partial charge < -0.3 is 19.5 Å². The number of halogens is 3. The first-order valence-electron chi connectivity index (χ1n) is 12.4. The van der Waals surface area contributed by atoms with Crippen LogP contribution in [-0.2, 0) is 53.1 Å². The highest BCUT2D eigenvalue weighted by atomic mass is 32.2. The third kappa shape index (κ3) is 7.89. The molecule has 1 aliphatic rings. The van der Waals surface area contributed by atoms with Gasteiger partial charge in [-0.2, -0.15) is 21.6 Å². The van der Waals surface area contributed by atoms with E-state index in [-0.39, 0.29) is 26.4 Å². The second-order valence-electron chi connectivity index (χ2n) is 9.05. The normalized spacial score (nSPS) is 21.6. The molecule has 12 heteroatoms. The predicted molar refractivity (Wildman–Crippen MR) is 138 cm³/mol.